The van der Waals surface area contributed by atoms with E-state index in [9.17, 15) is 0 Å². The topological polar surface area (TPSA) is 27.7 Å². The van der Waals surface area contributed by atoms with Crippen molar-refractivity contribution in [2.75, 3.05) is 21.3 Å². The van der Waals surface area contributed by atoms with E-state index in [1.54, 1.807) is 27.4 Å². The van der Waals surface area contributed by atoms with Gasteiger partial charge in [0.15, 0.2) is 11.5 Å². The Kier molecular flexibility index (Phi) is 4.90. The molecule has 3 rings (SSSR count). The van der Waals surface area contributed by atoms with Crippen molar-refractivity contribution in [2.45, 2.75) is 12.8 Å². The van der Waals surface area contributed by atoms with Crippen LogP contribution >= 0.6 is 0 Å². The van der Waals surface area contributed by atoms with Crippen molar-refractivity contribution in [3.8, 4) is 17.2 Å². The van der Waals surface area contributed by atoms with Crippen molar-refractivity contribution in [1.29, 1.82) is 0 Å². The lowest BCUT2D eigenvalue weighted by Gasteiger charge is -2.15. The van der Waals surface area contributed by atoms with Gasteiger partial charge in [0, 0.05) is 5.56 Å². The fraction of sp³-hybridized carbons (Fsp3) is 0.238. The molecular formula is C21H21O3. The highest BCUT2D eigenvalue weighted by Crippen LogP contribution is 2.40. The molecule has 0 unspecified atom stereocenters. The van der Waals surface area contributed by atoms with Crippen LogP contribution in [0.3, 0.4) is 0 Å². The molecule has 3 nitrogen and oxygen atoms in total. The van der Waals surface area contributed by atoms with E-state index in [0.29, 0.717) is 17.2 Å². The maximum Gasteiger partial charge on any atom is 0.203 e. The van der Waals surface area contributed by atoms with Crippen molar-refractivity contribution < 1.29 is 14.2 Å². The van der Waals surface area contributed by atoms with Crippen molar-refractivity contribution in [3.05, 3.63) is 65.7 Å². The predicted octanol–water partition coefficient (Wildman–Crippen LogP) is 4.45. The Morgan fingerprint density at radius 1 is 0.792 bits per heavy atom. The normalized spacial score (nSPS) is 10.6. The second kappa shape index (κ2) is 7.26. The summed E-state index contributed by atoms with van der Waals surface area (Å²) in [6, 6.07) is 19.9. The van der Waals surface area contributed by atoms with Gasteiger partial charge >= 0.3 is 0 Å². The number of methoxy groups -OCH3 is 3. The third kappa shape index (κ3) is 3.02. The van der Waals surface area contributed by atoms with Crippen LogP contribution in [0.1, 0.15) is 11.1 Å². The Morgan fingerprint density at radius 2 is 1.54 bits per heavy atom. The summed E-state index contributed by atoms with van der Waals surface area (Å²) in [7, 11) is 4.88. The smallest absolute Gasteiger partial charge is 0.203 e. The van der Waals surface area contributed by atoms with Gasteiger partial charge in [0.05, 0.1) is 21.3 Å². The first-order valence-corrected chi connectivity index (χ1v) is 7.94. The van der Waals surface area contributed by atoms with E-state index in [4.69, 9.17) is 14.2 Å². The number of ether oxygens (including phenoxy) is 3. The van der Waals surface area contributed by atoms with Crippen LogP contribution in [0.5, 0.6) is 17.2 Å². The number of aryl methyl sites for hydroxylation is 2. The second-order valence-corrected chi connectivity index (χ2v) is 5.54. The first kappa shape index (κ1) is 16.2. The minimum absolute atomic E-state index is 0.617. The molecule has 1 radical (unpaired) electrons. The first-order valence-electron chi connectivity index (χ1n) is 7.94. The second-order valence-electron chi connectivity index (χ2n) is 5.54. The standard InChI is InChI=1S/C21H21O3/c1-22-19-14-13-17(20(23-2)21(19)24-3)12-11-16-9-6-8-15-7-4-5-10-18(15)16/h4-10,14H,11-12H2,1-3H3. The van der Waals surface area contributed by atoms with Crippen LogP contribution in [-0.4, -0.2) is 21.3 Å². The largest absolute Gasteiger partial charge is 0.493 e. The van der Waals surface area contributed by atoms with Crippen LogP contribution in [-0.2, 0) is 12.8 Å². The molecule has 0 bridgehead atoms. The first-order chi connectivity index (χ1) is 11.8. The van der Waals surface area contributed by atoms with E-state index < -0.39 is 0 Å². The van der Waals surface area contributed by atoms with Gasteiger partial charge in [0.25, 0.3) is 0 Å². The molecule has 0 heterocycles. The summed E-state index contributed by atoms with van der Waals surface area (Å²) in [5, 5.41) is 2.55. The van der Waals surface area contributed by atoms with Gasteiger partial charge < -0.3 is 14.2 Å². The Balaban J connectivity index is 1.91. The summed E-state index contributed by atoms with van der Waals surface area (Å²) in [4.78, 5) is 0. The van der Waals surface area contributed by atoms with Crippen molar-refractivity contribution >= 4 is 10.8 Å². The van der Waals surface area contributed by atoms with Crippen LogP contribution in [0.25, 0.3) is 10.8 Å². The Morgan fingerprint density at radius 3 is 2.29 bits per heavy atom. The average Bonchev–Trinajstić information content (AvgIpc) is 2.65. The fourth-order valence-corrected chi connectivity index (χ4v) is 3.05. The fourth-order valence-electron chi connectivity index (χ4n) is 3.05. The molecule has 3 aromatic rings. The van der Waals surface area contributed by atoms with Crippen molar-refractivity contribution in [3.63, 3.8) is 0 Å². The van der Waals surface area contributed by atoms with Crippen LogP contribution in [0.2, 0.25) is 0 Å². The third-order valence-electron chi connectivity index (χ3n) is 4.23. The summed E-state index contributed by atoms with van der Waals surface area (Å²) in [5.41, 5.74) is 2.31. The molecular weight excluding hydrogens is 300 g/mol. The zero-order valence-electron chi connectivity index (χ0n) is 14.3. The Hall–Kier alpha value is -2.68. The summed E-state index contributed by atoms with van der Waals surface area (Å²) in [6.45, 7) is 0. The maximum absolute atomic E-state index is 5.55. The van der Waals surface area contributed by atoms with Crippen LogP contribution in [0.4, 0.5) is 0 Å². The van der Waals surface area contributed by atoms with E-state index in [1.165, 1.54) is 16.3 Å². The lowest BCUT2D eigenvalue weighted by atomic mass is 9.98. The van der Waals surface area contributed by atoms with Crippen LogP contribution in [0.15, 0.2) is 48.5 Å². The quantitative estimate of drug-likeness (QED) is 0.671. The molecule has 0 spiro atoms. The van der Waals surface area contributed by atoms with Crippen molar-refractivity contribution in [2.24, 2.45) is 0 Å². The zero-order valence-corrected chi connectivity index (χ0v) is 14.3. The van der Waals surface area contributed by atoms with Gasteiger partial charge in [-0.3, -0.25) is 0 Å². The predicted molar refractivity (Wildman–Crippen MR) is 96.3 cm³/mol. The molecule has 0 aliphatic rings. The summed E-state index contributed by atoms with van der Waals surface area (Å²) < 4.78 is 16.3. The molecule has 0 aliphatic carbocycles. The minimum Gasteiger partial charge on any atom is -0.493 e. The monoisotopic (exact) mass is 321 g/mol. The lowest BCUT2D eigenvalue weighted by molar-refractivity contribution is 0.322. The van der Waals surface area contributed by atoms with E-state index in [2.05, 4.69) is 48.5 Å². The van der Waals surface area contributed by atoms with Gasteiger partial charge in [-0.05, 0) is 41.3 Å². The molecule has 0 atom stereocenters. The average molecular weight is 321 g/mol. The highest BCUT2D eigenvalue weighted by atomic mass is 16.5. The minimum atomic E-state index is 0.617. The SMILES string of the molecule is COc1c[c]c(CCc2cccc3ccccc23)c(OC)c1OC. The molecule has 0 saturated heterocycles. The van der Waals surface area contributed by atoms with Gasteiger partial charge in [0.1, 0.15) is 0 Å². The van der Waals surface area contributed by atoms with E-state index in [-0.39, 0.29) is 0 Å². The Bertz CT molecular complexity index is 834. The molecule has 0 aliphatic heterocycles. The molecule has 0 N–H and O–H groups in total. The third-order valence-corrected chi connectivity index (χ3v) is 4.23. The van der Waals surface area contributed by atoms with Gasteiger partial charge in [-0.2, -0.15) is 0 Å². The van der Waals surface area contributed by atoms with E-state index in [0.717, 1.165) is 18.4 Å². The molecule has 0 fully saturated rings. The molecule has 0 aromatic heterocycles. The van der Waals surface area contributed by atoms with Crippen LogP contribution < -0.4 is 14.2 Å². The number of rotatable bonds is 6. The van der Waals surface area contributed by atoms with Gasteiger partial charge in [0.2, 0.25) is 5.75 Å². The van der Waals surface area contributed by atoms with Crippen molar-refractivity contribution in [1.82, 2.24) is 0 Å². The van der Waals surface area contributed by atoms with E-state index >= 15 is 0 Å². The zero-order chi connectivity index (χ0) is 16.9. The van der Waals surface area contributed by atoms with Gasteiger partial charge in [-0.25, -0.2) is 0 Å². The number of hydrogen-bond donors (Lipinski definition) is 0. The number of benzene rings is 3. The maximum atomic E-state index is 5.55. The van der Waals surface area contributed by atoms with Gasteiger partial charge in [-0.15, -0.1) is 0 Å². The summed E-state index contributed by atoms with van der Waals surface area (Å²) >= 11 is 0. The number of hydrogen-bond acceptors (Lipinski definition) is 3. The summed E-state index contributed by atoms with van der Waals surface area (Å²) in [5.74, 6) is 1.94. The summed E-state index contributed by atoms with van der Waals surface area (Å²) in [6.07, 6.45) is 1.72. The highest BCUT2D eigenvalue weighted by Gasteiger charge is 2.16. The molecule has 123 valence electrons. The lowest BCUT2D eigenvalue weighted by Crippen LogP contribution is -2.01. The van der Waals surface area contributed by atoms with Gasteiger partial charge in [-0.1, -0.05) is 42.5 Å². The molecule has 0 amide bonds. The Labute approximate surface area is 142 Å². The van der Waals surface area contributed by atoms with E-state index in [1.807, 2.05) is 0 Å². The molecule has 24 heavy (non-hydrogen) atoms. The molecule has 3 heteroatoms. The number of fused-ring (bicyclic) bond motifs is 1. The van der Waals surface area contributed by atoms with Crippen LogP contribution in [0, 0.1) is 6.07 Å². The highest BCUT2D eigenvalue weighted by molar-refractivity contribution is 5.85. The molecule has 0 saturated carbocycles. The molecule has 3 aromatic carbocycles.